The molecule has 2 aromatic rings. The van der Waals surface area contributed by atoms with E-state index in [0.717, 1.165) is 16.7 Å². The minimum Gasteiger partial charge on any atom is -0.452 e. The number of aryl methyl sites for hydroxylation is 3. The molecule has 0 bridgehead atoms. The lowest BCUT2D eigenvalue weighted by Gasteiger charge is -2.14. The number of carbonyl (C=O) groups is 2. The van der Waals surface area contributed by atoms with Crippen molar-refractivity contribution in [2.75, 3.05) is 11.9 Å². The van der Waals surface area contributed by atoms with Gasteiger partial charge in [-0.3, -0.25) is 9.59 Å². The van der Waals surface area contributed by atoms with Gasteiger partial charge < -0.3 is 10.1 Å². The lowest BCUT2D eigenvalue weighted by atomic mass is 10.1. The Hall–Kier alpha value is -2.71. The molecule has 0 heterocycles. The molecule has 0 aliphatic carbocycles. The van der Waals surface area contributed by atoms with E-state index in [9.17, 15) is 18.0 Å². The Bertz CT molecular complexity index is 969. The number of nitrogens with one attached hydrogen (secondary N) is 2. The van der Waals surface area contributed by atoms with Gasteiger partial charge in [-0.05, 0) is 63.1 Å². The summed E-state index contributed by atoms with van der Waals surface area (Å²) in [5, 5.41) is 2.63. The first kappa shape index (κ1) is 21.6. The molecule has 0 fully saturated rings. The summed E-state index contributed by atoms with van der Waals surface area (Å²) in [7, 11) is -3.85. The van der Waals surface area contributed by atoms with E-state index < -0.39 is 34.5 Å². The Morgan fingerprint density at radius 2 is 1.64 bits per heavy atom. The van der Waals surface area contributed by atoms with Crippen LogP contribution in [0.3, 0.4) is 0 Å². The minimum absolute atomic E-state index is 0.0635. The molecular formula is C20H24N2O5S. The van der Waals surface area contributed by atoms with E-state index >= 15 is 0 Å². The van der Waals surface area contributed by atoms with Crippen LogP contribution in [0.5, 0.6) is 0 Å². The van der Waals surface area contributed by atoms with Crippen molar-refractivity contribution in [3.8, 4) is 0 Å². The molecule has 28 heavy (non-hydrogen) atoms. The van der Waals surface area contributed by atoms with Crippen molar-refractivity contribution >= 4 is 27.6 Å². The molecule has 0 aromatic heterocycles. The van der Waals surface area contributed by atoms with E-state index in [-0.39, 0.29) is 4.90 Å². The normalized spacial score (nSPS) is 12.3. The minimum atomic E-state index is -3.85. The number of rotatable bonds is 7. The Morgan fingerprint density at radius 3 is 2.25 bits per heavy atom. The lowest BCUT2D eigenvalue weighted by molar-refractivity contribution is -0.151. The van der Waals surface area contributed by atoms with Crippen LogP contribution >= 0.6 is 0 Å². The topological polar surface area (TPSA) is 102 Å². The van der Waals surface area contributed by atoms with Crippen LogP contribution in [0.15, 0.2) is 47.4 Å². The number of esters is 1. The number of hydrogen-bond donors (Lipinski definition) is 2. The predicted molar refractivity (Wildman–Crippen MR) is 106 cm³/mol. The highest BCUT2D eigenvalue weighted by Gasteiger charge is 2.21. The third kappa shape index (κ3) is 5.90. The van der Waals surface area contributed by atoms with E-state index in [1.807, 2.05) is 26.0 Å². The SMILES string of the molecule is Cc1ccc(NC(=O)[C@H](C)OC(=O)CNS(=O)(=O)c2ccc(C)c(C)c2)cc1. The fourth-order valence-corrected chi connectivity index (χ4v) is 3.35. The molecule has 1 amide bonds. The molecule has 0 aliphatic rings. The number of sulfonamides is 1. The van der Waals surface area contributed by atoms with Gasteiger partial charge in [-0.15, -0.1) is 0 Å². The quantitative estimate of drug-likeness (QED) is 0.690. The molecule has 7 nitrogen and oxygen atoms in total. The van der Waals surface area contributed by atoms with Gasteiger partial charge >= 0.3 is 5.97 Å². The highest BCUT2D eigenvalue weighted by molar-refractivity contribution is 7.89. The van der Waals surface area contributed by atoms with Crippen LogP contribution in [0.2, 0.25) is 0 Å². The Morgan fingerprint density at radius 1 is 1.00 bits per heavy atom. The monoisotopic (exact) mass is 404 g/mol. The van der Waals surface area contributed by atoms with Crippen molar-refractivity contribution < 1.29 is 22.7 Å². The number of ether oxygens (including phenoxy) is 1. The average Bonchev–Trinajstić information content (AvgIpc) is 2.64. The van der Waals surface area contributed by atoms with Gasteiger partial charge in [0.25, 0.3) is 5.91 Å². The number of amides is 1. The van der Waals surface area contributed by atoms with E-state index in [1.54, 1.807) is 25.1 Å². The molecule has 1 atom stereocenters. The van der Waals surface area contributed by atoms with Crippen LogP contribution in [-0.4, -0.2) is 32.9 Å². The van der Waals surface area contributed by atoms with Crippen molar-refractivity contribution in [3.63, 3.8) is 0 Å². The molecule has 150 valence electrons. The summed E-state index contributed by atoms with van der Waals surface area (Å²) < 4.78 is 31.8. The first-order valence-corrected chi connectivity index (χ1v) is 10.2. The van der Waals surface area contributed by atoms with Gasteiger partial charge in [0.2, 0.25) is 10.0 Å². The summed E-state index contributed by atoms with van der Waals surface area (Å²) in [4.78, 5) is 24.1. The summed E-state index contributed by atoms with van der Waals surface area (Å²) in [6.45, 7) is 6.45. The molecular weight excluding hydrogens is 380 g/mol. The highest BCUT2D eigenvalue weighted by Crippen LogP contribution is 2.14. The first-order valence-electron chi connectivity index (χ1n) is 8.72. The predicted octanol–water partition coefficient (Wildman–Crippen LogP) is 2.46. The van der Waals surface area contributed by atoms with Gasteiger partial charge in [-0.25, -0.2) is 8.42 Å². The molecule has 0 unspecified atom stereocenters. The number of benzene rings is 2. The zero-order chi connectivity index (χ0) is 20.9. The average molecular weight is 404 g/mol. The zero-order valence-electron chi connectivity index (χ0n) is 16.3. The Balaban J connectivity index is 1.89. The van der Waals surface area contributed by atoms with Gasteiger partial charge in [0, 0.05) is 5.69 Å². The summed E-state index contributed by atoms with van der Waals surface area (Å²) in [6, 6.07) is 11.8. The fraction of sp³-hybridized carbons (Fsp3) is 0.300. The summed E-state index contributed by atoms with van der Waals surface area (Å²) in [5.74, 6) is -1.35. The van der Waals surface area contributed by atoms with Crippen molar-refractivity contribution in [2.24, 2.45) is 0 Å². The van der Waals surface area contributed by atoms with Crippen molar-refractivity contribution in [2.45, 2.75) is 38.7 Å². The van der Waals surface area contributed by atoms with Gasteiger partial charge in [-0.1, -0.05) is 23.8 Å². The molecule has 2 rings (SSSR count). The summed E-state index contributed by atoms with van der Waals surface area (Å²) >= 11 is 0. The Labute approximate surface area is 165 Å². The van der Waals surface area contributed by atoms with Gasteiger partial charge in [0.15, 0.2) is 6.10 Å². The lowest BCUT2D eigenvalue weighted by Crippen LogP contribution is -2.35. The molecule has 2 N–H and O–H groups in total. The Kier molecular flexibility index (Phi) is 6.93. The maximum absolute atomic E-state index is 12.3. The third-order valence-electron chi connectivity index (χ3n) is 4.19. The van der Waals surface area contributed by atoms with Crippen LogP contribution in [0.25, 0.3) is 0 Å². The van der Waals surface area contributed by atoms with Crippen molar-refractivity contribution in [1.82, 2.24) is 4.72 Å². The second-order valence-electron chi connectivity index (χ2n) is 6.56. The van der Waals surface area contributed by atoms with Crippen molar-refractivity contribution in [3.05, 3.63) is 59.2 Å². The molecule has 2 aromatic carbocycles. The van der Waals surface area contributed by atoms with E-state index in [0.29, 0.717) is 5.69 Å². The van der Waals surface area contributed by atoms with Gasteiger partial charge in [0.1, 0.15) is 6.54 Å². The molecule has 8 heteroatoms. The fourth-order valence-electron chi connectivity index (χ4n) is 2.29. The van der Waals surface area contributed by atoms with Gasteiger partial charge in [0.05, 0.1) is 4.90 Å². The molecule has 0 saturated heterocycles. The van der Waals surface area contributed by atoms with Crippen LogP contribution in [0.4, 0.5) is 5.69 Å². The van der Waals surface area contributed by atoms with E-state index in [2.05, 4.69) is 10.0 Å². The third-order valence-corrected chi connectivity index (χ3v) is 5.59. The standard InChI is InChI=1S/C20H24N2O5S/c1-13-5-8-17(9-6-13)22-20(24)16(4)27-19(23)12-21-28(25,26)18-10-7-14(2)15(3)11-18/h5-11,16,21H,12H2,1-4H3,(H,22,24)/t16-/m0/s1. The maximum Gasteiger partial charge on any atom is 0.321 e. The highest BCUT2D eigenvalue weighted by atomic mass is 32.2. The van der Waals surface area contributed by atoms with Crippen LogP contribution in [-0.2, 0) is 24.3 Å². The van der Waals surface area contributed by atoms with E-state index in [1.165, 1.54) is 19.1 Å². The number of carbonyl (C=O) groups excluding carboxylic acids is 2. The van der Waals surface area contributed by atoms with Crippen LogP contribution in [0, 0.1) is 20.8 Å². The second-order valence-corrected chi connectivity index (χ2v) is 8.32. The molecule has 0 radical (unpaired) electrons. The largest absolute Gasteiger partial charge is 0.452 e. The van der Waals surface area contributed by atoms with Crippen LogP contribution in [0.1, 0.15) is 23.6 Å². The van der Waals surface area contributed by atoms with Gasteiger partial charge in [-0.2, -0.15) is 4.72 Å². The first-order chi connectivity index (χ1) is 13.1. The summed E-state index contributed by atoms with van der Waals surface area (Å²) in [5.41, 5.74) is 3.42. The zero-order valence-corrected chi connectivity index (χ0v) is 17.1. The number of hydrogen-bond acceptors (Lipinski definition) is 5. The van der Waals surface area contributed by atoms with Crippen molar-refractivity contribution in [1.29, 1.82) is 0 Å². The van der Waals surface area contributed by atoms with Crippen LogP contribution < -0.4 is 10.0 Å². The molecule has 0 spiro atoms. The second kappa shape index (κ2) is 8.99. The number of anilines is 1. The van der Waals surface area contributed by atoms with E-state index in [4.69, 9.17) is 4.74 Å². The molecule has 0 aliphatic heterocycles. The molecule has 0 saturated carbocycles. The maximum atomic E-state index is 12.3. The smallest absolute Gasteiger partial charge is 0.321 e. The summed E-state index contributed by atoms with van der Waals surface area (Å²) in [6.07, 6.45) is -1.07.